The summed E-state index contributed by atoms with van der Waals surface area (Å²) >= 11 is 12.3. The number of nitrogens with two attached hydrogens (primary N) is 1. The second-order valence-electron chi connectivity index (χ2n) is 5.87. The highest BCUT2D eigenvalue weighted by Crippen LogP contribution is 2.28. The first-order valence-corrected chi connectivity index (χ1v) is 8.37. The first kappa shape index (κ1) is 17.2. The Labute approximate surface area is 149 Å². The van der Waals surface area contributed by atoms with Crippen molar-refractivity contribution < 1.29 is 5.11 Å². The molecular formula is C16H18Cl2N4O2. The fourth-order valence-corrected chi connectivity index (χ4v) is 3.24. The van der Waals surface area contributed by atoms with Crippen LogP contribution in [0.4, 0.5) is 5.82 Å². The van der Waals surface area contributed by atoms with Crippen molar-refractivity contribution in [3.8, 4) is 5.69 Å². The van der Waals surface area contributed by atoms with Crippen LogP contribution < -0.4 is 16.2 Å². The van der Waals surface area contributed by atoms with Crippen molar-refractivity contribution in [2.24, 2.45) is 5.73 Å². The molecule has 128 valence electrons. The Balaban J connectivity index is 2.01. The molecule has 0 saturated carbocycles. The van der Waals surface area contributed by atoms with Crippen molar-refractivity contribution in [2.75, 3.05) is 18.0 Å². The lowest BCUT2D eigenvalue weighted by atomic mass is 10.0. The molecule has 0 aliphatic carbocycles. The first-order chi connectivity index (χ1) is 11.4. The molecule has 2 atom stereocenters. The number of halogens is 2. The fourth-order valence-electron chi connectivity index (χ4n) is 2.86. The number of aliphatic hydroxyl groups excluding tert-OH is 1. The topological polar surface area (TPSA) is 84.4 Å². The molecule has 1 aromatic carbocycles. The Hall–Kier alpha value is -1.60. The van der Waals surface area contributed by atoms with Gasteiger partial charge in [-0.3, -0.25) is 9.36 Å². The maximum Gasteiger partial charge on any atom is 0.260 e. The molecule has 0 bridgehead atoms. The number of benzene rings is 1. The average Bonchev–Trinajstić information content (AvgIpc) is 2.53. The van der Waals surface area contributed by atoms with Gasteiger partial charge in [0.1, 0.15) is 11.6 Å². The van der Waals surface area contributed by atoms with Gasteiger partial charge in [0.2, 0.25) is 0 Å². The second-order valence-corrected chi connectivity index (χ2v) is 6.66. The molecule has 6 nitrogen and oxygen atoms in total. The van der Waals surface area contributed by atoms with Gasteiger partial charge in [-0.2, -0.15) is 0 Å². The first-order valence-electron chi connectivity index (χ1n) is 7.62. The number of piperidine rings is 1. The van der Waals surface area contributed by atoms with Gasteiger partial charge in [-0.25, -0.2) is 4.98 Å². The molecule has 8 heteroatoms. The van der Waals surface area contributed by atoms with Gasteiger partial charge in [0, 0.05) is 25.2 Å². The lowest BCUT2D eigenvalue weighted by Crippen LogP contribution is -2.51. The minimum atomic E-state index is -0.634. The predicted octanol–water partition coefficient (Wildman–Crippen LogP) is 1.75. The summed E-state index contributed by atoms with van der Waals surface area (Å²) in [4.78, 5) is 19.0. The Morgan fingerprint density at radius 1 is 1.38 bits per heavy atom. The molecule has 1 saturated heterocycles. The molecular weight excluding hydrogens is 351 g/mol. The zero-order valence-corrected chi connectivity index (χ0v) is 14.6. The summed E-state index contributed by atoms with van der Waals surface area (Å²) in [5.74, 6) is 1.02. The average molecular weight is 369 g/mol. The van der Waals surface area contributed by atoms with Gasteiger partial charge in [-0.1, -0.05) is 29.3 Å². The predicted molar refractivity (Wildman–Crippen MR) is 95.4 cm³/mol. The molecule has 1 aliphatic heterocycles. The number of β-amino-alcohol motifs (C(OH)–C–C–N with tert-alkyl or cyclic N) is 1. The van der Waals surface area contributed by atoms with Crippen LogP contribution in [0.3, 0.4) is 0 Å². The van der Waals surface area contributed by atoms with E-state index >= 15 is 0 Å². The molecule has 1 aliphatic rings. The molecule has 2 aromatic rings. The molecule has 3 rings (SSSR count). The molecule has 3 N–H and O–H groups in total. The van der Waals surface area contributed by atoms with Gasteiger partial charge in [0.25, 0.3) is 5.56 Å². The van der Waals surface area contributed by atoms with Crippen molar-refractivity contribution >= 4 is 29.0 Å². The molecule has 0 amide bonds. The van der Waals surface area contributed by atoms with E-state index in [1.807, 2.05) is 4.90 Å². The van der Waals surface area contributed by atoms with Gasteiger partial charge >= 0.3 is 0 Å². The maximum atomic E-state index is 12.6. The quantitative estimate of drug-likeness (QED) is 0.843. The number of hydrogen-bond acceptors (Lipinski definition) is 5. The Morgan fingerprint density at radius 3 is 2.79 bits per heavy atom. The number of rotatable bonds is 2. The van der Waals surface area contributed by atoms with Crippen LogP contribution >= 0.6 is 23.2 Å². The number of anilines is 1. The van der Waals surface area contributed by atoms with Gasteiger partial charge in [-0.05, 0) is 25.5 Å². The van der Waals surface area contributed by atoms with Crippen molar-refractivity contribution in [1.29, 1.82) is 0 Å². The van der Waals surface area contributed by atoms with E-state index in [4.69, 9.17) is 28.9 Å². The van der Waals surface area contributed by atoms with Crippen LogP contribution in [0, 0.1) is 6.92 Å². The van der Waals surface area contributed by atoms with E-state index in [0.29, 0.717) is 46.9 Å². The number of hydrogen-bond donors (Lipinski definition) is 2. The number of aryl methyl sites for hydroxylation is 1. The lowest BCUT2D eigenvalue weighted by molar-refractivity contribution is 0.131. The van der Waals surface area contributed by atoms with Gasteiger partial charge in [-0.15, -0.1) is 0 Å². The molecule has 1 fully saturated rings. The van der Waals surface area contributed by atoms with Crippen molar-refractivity contribution in [2.45, 2.75) is 25.5 Å². The van der Waals surface area contributed by atoms with Crippen LogP contribution in [0.1, 0.15) is 12.2 Å². The van der Waals surface area contributed by atoms with Crippen LogP contribution in [0.15, 0.2) is 29.1 Å². The summed E-state index contributed by atoms with van der Waals surface area (Å²) in [6.07, 6.45) is 0.0103. The molecule has 0 radical (unpaired) electrons. The van der Waals surface area contributed by atoms with Gasteiger partial charge in [0.15, 0.2) is 0 Å². The zero-order valence-electron chi connectivity index (χ0n) is 13.1. The van der Waals surface area contributed by atoms with E-state index < -0.39 is 6.10 Å². The monoisotopic (exact) mass is 368 g/mol. The van der Waals surface area contributed by atoms with Crippen LogP contribution in [-0.4, -0.2) is 39.9 Å². The molecule has 2 heterocycles. The van der Waals surface area contributed by atoms with Crippen LogP contribution in [-0.2, 0) is 0 Å². The van der Waals surface area contributed by atoms with Gasteiger partial charge < -0.3 is 15.7 Å². The summed E-state index contributed by atoms with van der Waals surface area (Å²) in [6.45, 7) is 2.73. The zero-order chi connectivity index (χ0) is 17.4. The summed E-state index contributed by atoms with van der Waals surface area (Å²) < 4.78 is 1.42. The minimum absolute atomic E-state index is 0.243. The highest BCUT2D eigenvalue weighted by molar-refractivity contribution is 6.43. The largest absolute Gasteiger partial charge is 0.390 e. The second kappa shape index (κ2) is 6.72. The van der Waals surface area contributed by atoms with Crippen LogP contribution in [0.2, 0.25) is 10.0 Å². The summed E-state index contributed by atoms with van der Waals surface area (Å²) in [5, 5.41) is 10.6. The molecule has 24 heavy (non-hydrogen) atoms. The van der Waals surface area contributed by atoms with Crippen molar-refractivity contribution in [3.05, 3.63) is 50.5 Å². The number of aromatic nitrogens is 2. The van der Waals surface area contributed by atoms with Crippen LogP contribution in [0.25, 0.3) is 5.69 Å². The van der Waals surface area contributed by atoms with E-state index in [9.17, 15) is 9.90 Å². The highest BCUT2D eigenvalue weighted by atomic mass is 35.5. The molecule has 0 spiro atoms. The SMILES string of the molecule is Cc1nc(N2CC[C@@H](N)[C@@H](O)C2)cc(=O)n1-c1cccc(Cl)c1Cl. The standard InChI is InChI=1S/C16H18Cl2N4O2/c1-9-20-14(21-6-5-11(19)13(23)8-21)7-15(24)22(9)12-4-2-3-10(17)16(12)18/h2-4,7,11,13,23H,5-6,8,19H2,1H3/t11-,13+/m1/s1. The highest BCUT2D eigenvalue weighted by Gasteiger charge is 2.26. The smallest absolute Gasteiger partial charge is 0.260 e. The van der Waals surface area contributed by atoms with E-state index in [0.717, 1.165) is 0 Å². The van der Waals surface area contributed by atoms with Crippen molar-refractivity contribution in [3.63, 3.8) is 0 Å². The van der Waals surface area contributed by atoms with E-state index in [2.05, 4.69) is 4.98 Å². The number of nitrogens with zero attached hydrogens (tertiary/aromatic N) is 3. The lowest BCUT2D eigenvalue weighted by Gasteiger charge is -2.35. The fraction of sp³-hybridized carbons (Fsp3) is 0.375. The Morgan fingerprint density at radius 2 is 2.12 bits per heavy atom. The minimum Gasteiger partial charge on any atom is -0.390 e. The third-order valence-corrected chi connectivity index (χ3v) is 5.01. The summed E-state index contributed by atoms with van der Waals surface area (Å²) in [5.41, 5.74) is 6.05. The Kier molecular flexibility index (Phi) is 4.83. The molecule has 0 unspecified atom stereocenters. The van der Waals surface area contributed by atoms with Crippen LogP contribution in [0.5, 0.6) is 0 Å². The summed E-state index contributed by atoms with van der Waals surface area (Å²) in [7, 11) is 0. The number of aliphatic hydroxyl groups is 1. The van der Waals surface area contributed by atoms with E-state index in [1.54, 1.807) is 25.1 Å². The van der Waals surface area contributed by atoms with Crippen molar-refractivity contribution in [1.82, 2.24) is 9.55 Å². The summed E-state index contributed by atoms with van der Waals surface area (Å²) in [6, 6.07) is 6.30. The molecule has 1 aromatic heterocycles. The van der Waals surface area contributed by atoms with E-state index in [-0.39, 0.29) is 11.6 Å². The Bertz CT molecular complexity index is 824. The van der Waals surface area contributed by atoms with E-state index in [1.165, 1.54) is 10.6 Å². The third kappa shape index (κ3) is 3.15. The normalized spacial score (nSPS) is 21.1. The maximum absolute atomic E-state index is 12.6. The van der Waals surface area contributed by atoms with Gasteiger partial charge in [0.05, 0.1) is 21.8 Å². The third-order valence-electron chi connectivity index (χ3n) is 4.20.